The third-order valence-corrected chi connectivity index (χ3v) is 2.95. The first-order valence-corrected chi connectivity index (χ1v) is 5.63. The Bertz CT molecular complexity index is 506. The van der Waals surface area contributed by atoms with Crippen LogP contribution in [0.5, 0.6) is 0 Å². The Hall–Kier alpha value is -1.34. The summed E-state index contributed by atoms with van der Waals surface area (Å²) in [7, 11) is 0. The van der Waals surface area contributed by atoms with E-state index < -0.39 is 0 Å². The van der Waals surface area contributed by atoms with E-state index in [1.54, 1.807) is 6.07 Å². The van der Waals surface area contributed by atoms with Gasteiger partial charge in [0, 0.05) is 10.6 Å². The summed E-state index contributed by atoms with van der Waals surface area (Å²) in [5.41, 5.74) is 2.42. The maximum Gasteiger partial charge on any atom is 0.127 e. The van der Waals surface area contributed by atoms with Gasteiger partial charge in [-0.15, -0.1) is 0 Å². The molecule has 0 unspecified atom stereocenters. The molecule has 0 aliphatic carbocycles. The number of hydrogen-bond acceptors (Lipinski definition) is 0. The molecule has 2 heteroatoms. The van der Waals surface area contributed by atoms with Crippen molar-refractivity contribution in [3.63, 3.8) is 0 Å². The summed E-state index contributed by atoms with van der Waals surface area (Å²) in [5, 5.41) is 0.645. The Kier molecular flexibility index (Phi) is 3.25. The highest BCUT2D eigenvalue weighted by molar-refractivity contribution is 6.33. The molecule has 2 aromatic carbocycles. The second-order valence-corrected chi connectivity index (χ2v) is 4.05. The van der Waals surface area contributed by atoms with E-state index in [-0.39, 0.29) is 5.82 Å². The minimum absolute atomic E-state index is 0.167. The fraction of sp³-hybridized carbons (Fsp3) is 0.143. The molecule has 0 bridgehead atoms. The third kappa shape index (κ3) is 2.10. The van der Waals surface area contributed by atoms with Gasteiger partial charge in [0.25, 0.3) is 0 Å². The number of halogens is 2. The molecule has 0 atom stereocenters. The first kappa shape index (κ1) is 11.2. The molecule has 0 N–H and O–H groups in total. The number of rotatable bonds is 2. The molecule has 0 saturated carbocycles. The van der Waals surface area contributed by atoms with Gasteiger partial charge >= 0.3 is 0 Å². The van der Waals surface area contributed by atoms with Crippen LogP contribution < -0.4 is 0 Å². The van der Waals surface area contributed by atoms with Gasteiger partial charge < -0.3 is 0 Å². The standard InChI is InChI=1S/C14H12ClF/c1-2-10-7-8-11(9-14(10)16)12-5-3-4-6-13(12)15/h3-9H,2H2,1H3. The highest BCUT2D eigenvalue weighted by Crippen LogP contribution is 2.28. The van der Waals surface area contributed by atoms with Crippen LogP contribution in [0.4, 0.5) is 4.39 Å². The maximum atomic E-state index is 13.6. The predicted octanol–water partition coefficient (Wildman–Crippen LogP) is 4.71. The minimum Gasteiger partial charge on any atom is -0.207 e. The molecule has 0 saturated heterocycles. The molecular weight excluding hydrogens is 223 g/mol. The number of hydrogen-bond donors (Lipinski definition) is 0. The lowest BCUT2D eigenvalue weighted by atomic mass is 10.0. The van der Waals surface area contributed by atoms with Crippen molar-refractivity contribution in [3.05, 3.63) is 58.9 Å². The van der Waals surface area contributed by atoms with Gasteiger partial charge in [-0.1, -0.05) is 48.9 Å². The first-order chi connectivity index (χ1) is 7.72. The molecule has 0 aliphatic rings. The molecule has 0 amide bonds. The average molecular weight is 235 g/mol. The van der Waals surface area contributed by atoms with Crippen LogP contribution in [0.25, 0.3) is 11.1 Å². The zero-order valence-electron chi connectivity index (χ0n) is 9.00. The smallest absolute Gasteiger partial charge is 0.127 e. The molecule has 82 valence electrons. The van der Waals surface area contributed by atoms with E-state index in [0.29, 0.717) is 11.4 Å². The van der Waals surface area contributed by atoms with Crippen LogP contribution in [0.15, 0.2) is 42.5 Å². The van der Waals surface area contributed by atoms with Gasteiger partial charge in [-0.05, 0) is 29.7 Å². The van der Waals surface area contributed by atoms with E-state index >= 15 is 0 Å². The van der Waals surface area contributed by atoms with Crippen LogP contribution in [0.2, 0.25) is 5.02 Å². The number of benzene rings is 2. The molecule has 2 rings (SSSR count). The van der Waals surface area contributed by atoms with Gasteiger partial charge in [0.2, 0.25) is 0 Å². The monoisotopic (exact) mass is 234 g/mol. The molecule has 0 aromatic heterocycles. The lowest BCUT2D eigenvalue weighted by molar-refractivity contribution is 0.613. The van der Waals surface area contributed by atoms with E-state index in [9.17, 15) is 4.39 Å². The SMILES string of the molecule is CCc1ccc(-c2ccccc2Cl)cc1F. The van der Waals surface area contributed by atoms with Crippen molar-refractivity contribution in [3.8, 4) is 11.1 Å². The average Bonchev–Trinajstić information content (AvgIpc) is 2.29. The Morgan fingerprint density at radius 3 is 2.50 bits per heavy atom. The van der Waals surface area contributed by atoms with Crippen molar-refractivity contribution in [2.45, 2.75) is 13.3 Å². The van der Waals surface area contributed by atoms with Gasteiger partial charge in [-0.3, -0.25) is 0 Å². The first-order valence-electron chi connectivity index (χ1n) is 5.25. The van der Waals surface area contributed by atoms with Crippen LogP contribution in [-0.4, -0.2) is 0 Å². The van der Waals surface area contributed by atoms with E-state index in [4.69, 9.17) is 11.6 Å². The third-order valence-electron chi connectivity index (χ3n) is 2.62. The lowest BCUT2D eigenvalue weighted by Crippen LogP contribution is -1.88. The summed E-state index contributed by atoms with van der Waals surface area (Å²) < 4.78 is 13.6. The molecule has 0 radical (unpaired) electrons. The fourth-order valence-electron chi connectivity index (χ4n) is 1.70. The highest BCUT2D eigenvalue weighted by Gasteiger charge is 2.06. The second kappa shape index (κ2) is 4.67. The Morgan fingerprint density at radius 1 is 1.12 bits per heavy atom. The molecule has 0 spiro atoms. The molecule has 2 aromatic rings. The van der Waals surface area contributed by atoms with Crippen molar-refractivity contribution < 1.29 is 4.39 Å². The van der Waals surface area contributed by atoms with Gasteiger partial charge in [0.05, 0.1) is 0 Å². The van der Waals surface area contributed by atoms with E-state index in [2.05, 4.69) is 0 Å². The zero-order valence-corrected chi connectivity index (χ0v) is 9.76. The van der Waals surface area contributed by atoms with E-state index in [1.807, 2.05) is 43.3 Å². The van der Waals surface area contributed by atoms with Crippen LogP contribution in [0.1, 0.15) is 12.5 Å². The van der Waals surface area contributed by atoms with E-state index in [1.165, 1.54) is 0 Å². The maximum absolute atomic E-state index is 13.6. The summed E-state index contributed by atoms with van der Waals surface area (Å²) in [6.45, 7) is 1.94. The largest absolute Gasteiger partial charge is 0.207 e. The lowest BCUT2D eigenvalue weighted by Gasteiger charge is -2.06. The summed E-state index contributed by atoms with van der Waals surface area (Å²) in [5.74, 6) is -0.167. The molecular formula is C14H12ClF. The van der Waals surface area contributed by atoms with Crippen LogP contribution in [0.3, 0.4) is 0 Å². The highest BCUT2D eigenvalue weighted by atomic mass is 35.5. The van der Waals surface area contributed by atoms with Gasteiger partial charge in [-0.2, -0.15) is 0 Å². The van der Waals surface area contributed by atoms with Crippen molar-refractivity contribution in [1.29, 1.82) is 0 Å². The molecule has 0 nitrogen and oxygen atoms in total. The fourth-order valence-corrected chi connectivity index (χ4v) is 1.94. The molecule has 0 fully saturated rings. The quantitative estimate of drug-likeness (QED) is 0.706. The van der Waals surface area contributed by atoms with Crippen LogP contribution in [0, 0.1) is 5.82 Å². The van der Waals surface area contributed by atoms with Crippen molar-refractivity contribution >= 4 is 11.6 Å². The summed E-state index contributed by atoms with van der Waals surface area (Å²) in [6, 6.07) is 12.7. The van der Waals surface area contributed by atoms with E-state index in [0.717, 1.165) is 16.7 Å². The molecule has 0 aliphatic heterocycles. The minimum atomic E-state index is -0.167. The van der Waals surface area contributed by atoms with Gasteiger partial charge in [0.15, 0.2) is 0 Å². The van der Waals surface area contributed by atoms with Crippen LogP contribution >= 0.6 is 11.6 Å². The predicted molar refractivity (Wildman–Crippen MR) is 66.2 cm³/mol. The van der Waals surface area contributed by atoms with Crippen molar-refractivity contribution in [1.82, 2.24) is 0 Å². The molecule has 16 heavy (non-hydrogen) atoms. The van der Waals surface area contributed by atoms with Gasteiger partial charge in [-0.25, -0.2) is 4.39 Å². The Balaban J connectivity index is 2.50. The topological polar surface area (TPSA) is 0 Å². The molecule has 0 heterocycles. The Morgan fingerprint density at radius 2 is 1.88 bits per heavy atom. The van der Waals surface area contributed by atoms with Crippen molar-refractivity contribution in [2.75, 3.05) is 0 Å². The van der Waals surface area contributed by atoms with Gasteiger partial charge in [0.1, 0.15) is 5.82 Å². The summed E-state index contributed by atoms with van der Waals surface area (Å²) in [6.07, 6.45) is 0.703. The Labute approximate surface area is 99.7 Å². The van der Waals surface area contributed by atoms with Crippen LogP contribution in [-0.2, 0) is 6.42 Å². The normalized spacial score (nSPS) is 10.4. The summed E-state index contributed by atoms with van der Waals surface area (Å²) in [4.78, 5) is 0. The van der Waals surface area contributed by atoms with Crippen molar-refractivity contribution in [2.24, 2.45) is 0 Å². The zero-order chi connectivity index (χ0) is 11.5. The second-order valence-electron chi connectivity index (χ2n) is 3.64. The summed E-state index contributed by atoms with van der Waals surface area (Å²) >= 11 is 6.06. The number of aryl methyl sites for hydroxylation is 1.